The molecule has 1 fully saturated rings. The first-order valence-electron chi connectivity index (χ1n) is 6.13. The Morgan fingerprint density at radius 2 is 2.21 bits per heavy atom. The van der Waals surface area contributed by atoms with Gasteiger partial charge in [0.05, 0.1) is 0 Å². The Bertz CT molecular complexity index is 609. The maximum Gasteiger partial charge on any atom is 0.257 e. The average molecular weight is 338 g/mol. The van der Waals surface area contributed by atoms with Gasteiger partial charge < -0.3 is 0 Å². The third kappa shape index (κ3) is 2.84. The quantitative estimate of drug-likeness (QED) is 0.926. The standard InChI is InChI=1S/C13H12BrN3OS/c14-10-6-2-5-9(7-10)11(18)15-13-17-16-12(19-13)8-3-1-4-8/h2,5-8H,1,3-4H2,(H,15,17,18). The van der Waals surface area contributed by atoms with Gasteiger partial charge in [0.1, 0.15) is 5.01 Å². The number of nitrogens with zero attached hydrogens (tertiary/aromatic N) is 2. The highest BCUT2D eigenvalue weighted by atomic mass is 79.9. The lowest BCUT2D eigenvalue weighted by Crippen LogP contribution is -2.11. The molecule has 3 rings (SSSR count). The summed E-state index contributed by atoms with van der Waals surface area (Å²) in [5, 5.41) is 12.6. The van der Waals surface area contributed by atoms with Crippen LogP contribution in [0.4, 0.5) is 5.13 Å². The third-order valence-corrected chi connectivity index (χ3v) is 4.70. The van der Waals surface area contributed by atoms with Crippen LogP contribution in [0.2, 0.25) is 0 Å². The Hall–Kier alpha value is -1.27. The Labute approximate surface area is 123 Å². The largest absolute Gasteiger partial charge is 0.296 e. The monoisotopic (exact) mass is 337 g/mol. The summed E-state index contributed by atoms with van der Waals surface area (Å²) in [7, 11) is 0. The van der Waals surface area contributed by atoms with Gasteiger partial charge in [-0.25, -0.2) is 0 Å². The molecule has 6 heteroatoms. The molecule has 1 amide bonds. The van der Waals surface area contributed by atoms with Crippen LogP contribution in [0.15, 0.2) is 28.7 Å². The molecule has 1 aromatic carbocycles. The normalized spacial score (nSPS) is 15.0. The molecule has 0 atom stereocenters. The molecule has 0 aliphatic heterocycles. The van der Waals surface area contributed by atoms with E-state index in [9.17, 15) is 4.79 Å². The molecule has 1 aliphatic carbocycles. The molecule has 0 saturated heterocycles. The van der Waals surface area contributed by atoms with E-state index in [1.165, 1.54) is 30.6 Å². The van der Waals surface area contributed by atoms with Gasteiger partial charge in [-0.3, -0.25) is 10.1 Å². The smallest absolute Gasteiger partial charge is 0.257 e. The zero-order valence-electron chi connectivity index (χ0n) is 10.1. The van der Waals surface area contributed by atoms with Crippen molar-refractivity contribution in [2.45, 2.75) is 25.2 Å². The SMILES string of the molecule is O=C(Nc1nnc(C2CCC2)s1)c1cccc(Br)c1. The first-order chi connectivity index (χ1) is 9.22. The van der Waals surface area contributed by atoms with Gasteiger partial charge in [-0.15, -0.1) is 10.2 Å². The average Bonchev–Trinajstić information content (AvgIpc) is 2.75. The predicted molar refractivity (Wildman–Crippen MR) is 78.6 cm³/mol. The number of halogens is 1. The molecule has 0 bridgehead atoms. The molecular formula is C13H12BrN3OS. The number of hydrogen-bond donors (Lipinski definition) is 1. The summed E-state index contributed by atoms with van der Waals surface area (Å²) < 4.78 is 0.882. The van der Waals surface area contributed by atoms with Gasteiger partial charge in [0.15, 0.2) is 0 Å². The summed E-state index contributed by atoms with van der Waals surface area (Å²) in [6, 6.07) is 7.27. The van der Waals surface area contributed by atoms with E-state index in [0.29, 0.717) is 16.6 Å². The van der Waals surface area contributed by atoms with Gasteiger partial charge in [-0.2, -0.15) is 0 Å². The number of anilines is 1. The van der Waals surface area contributed by atoms with Crippen molar-refractivity contribution in [1.82, 2.24) is 10.2 Å². The van der Waals surface area contributed by atoms with Crippen LogP contribution in [-0.4, -0.2) is 16.1 Å². The van der Waals surface area contributed by atoms with E-state index in [-0.39, 0.29) is 5.91 Å². The lowest BCUT2D eigenvalue weighted by molar-refractivity contribution is 0.102. The van der Waals surface area contributed by atoms with Crippen LogP contribution in [0.1, 0.15) is 40.5 Å². The van der Waals surface area contributed by atoms with Crippen LogP contribution in [0, 0.1) is 0 Å². The topological polar surface area (TPSA) is 54.9 Å². The lowest BCUT2D eigenvalue weighted by atomic mass is 9.86. The Morgan fingerprint density at radius 3 is 2.89 bits per heavy atom. The highest BCUT2D eigenvalue weighted by Gasteiger charge is 2.23. The van der Waals surface area contributed by atoms with Crippen LogP contribution < -0.4 is 5.32 Å². The molecule has 19 heavy (non-hydrogen) atoms. The summed E-state index contributed by atoms with van der Waals surface area (Å²) in [5.41, 5.74) is 0.606. The second-order valence-corrected chi connectivity index (χ2v) is 6.46. The molecule has 0 radical (unpaired) electrons. The van der Waals surface area contributed by atoms with Crippen LogP contribution in [0.3, 0.4) is 0 Å². The van der Waals surface area contributed by atoms with E-state index in [1.807, 2.05) is 12.1 Å². The van der Waals surface area contributed by atoms with E-state index in [2.05, 4.69) is 31.4 Å². The summed E-state index contributed by atoms with van der Waals surface area (Å²) in [6.45, 7) is 0. The summed E-state index contributed by atoms with van der Waals surface area (Å²) in [4.78, 5) is 12.0. The van der Waals surface area contributed by atoms with E-state index >= 15 is 0 Å². The van der Waals surface area contributed by atoms with Crippen LogP contribution >= 0.6 is 27.3 Å². The van der Waals surface area contributed by atoms with Gasteiger partial charge in [0.2, 0.25) is 5.13 Å². The fourth-order valence-electron chi connectivity index (χ4n) is 1.90. The number of rotatable bonds is 3. The van der Waals surface area contributed by atoms with Crippen LogP contribution in [0.5, 0.6) is 0 Å². The maximum absolute atomic E-state index is 12.0. The predicted octanol–water partition coefficient (Wildman–Crippen LogP) is 3.82. The number of amides is 1. The zero-order valence-corrected chi connectivity index (χ0v) is 12.5. The molecular weight excluding hydrogens is 326 g/mol. The van der Waals surface area contributed by atoms with Crippen molar-refractivity contribution in [3.63, 3.8) is 0 Å². The van der Waals surface area contributed by atoms with Crippen molar-refractivity contribution in [3.05, 3.63) is 39.3 Å². The van der Waals surface area contributed by atoms with E-state index in [1.54, 1.807) is 12.1 Å². The van der Waals surface area contributed by atoms with Crippen LogP contribution in [0.25, 0.3) is 0 Å². The number of benzene rings is 1. The molecule has 0 unspecified atom stereocenters. The maximum atomic E-state index is 12.0. The van der Waals surface area contributed by atoms with Crippen LogP contribution in [-0.2, 0) is 0 Å². The second kappa shape index (κ2) is 5.38. The molecule has 4 nitrogen and oxygen atoms in total. The minimum absolute atomic E-state index is 0.155. The van der Waals surface area contributed by atoms with E-state index in [4.69, 9.17) is 0 Å². The summed E-state index contributed by atoms with van der Waals surface area (Å²) >= 11 is 4.83. The molecule has 1 aromatic heterocycles. The van der Waals surface area contributed by atoms with E-state index in [0.717, 1.165) is 9.48 Å². The van der Waals surface area contributed by atoms with Crippen molar-refractivity contribution >= 4 is 38.3 Å². The van der Waals surface area contributed by atoms with Gasteiger partial charge in [0, 0.05) is 16.0 Å². The molecule has 1 N–H and O–H groups in total. The molecule has 2 aromatic rings. The Balaban J connectivity index is 1.70. The molecule has 1 aliphatic rings. The lowest BCUT2D eigenvalue weighted by Gasteiger charge is -2.21. The zero-order chi connectivity index (χ0) is 13.2. The Kier molecular flexibility index (Phi) is 3.61. The second-order valence-electron chi connectivity index (χ2n) is 4.54. The fraction of sp³-hybridized carbons (Fsp3) is 0.308. The summed E-state index contributed by atoms with van der Waals surface area (Å²) in [6.07, 6.45) is 3.65. The van der Waals surface area contributed by atoms with Crippen molar-refractivity contribution in [1.29, 1.82) is 0 Å². The minimum Gasteiger partial charge on any atom is -0.296 e. The molecule has 98 valence electrons. The third-order valence-electron chi connectivity index (χ3n) is 3.20. The first-order valence-corrected chi connectivity index (χ1v) is 7.73. The highest BCUT2D eigenvalue weighted by molar-refractivity contribution is 9.10. The van der Waals surface area contributed by atoms with Crippen molar-refractivity contribution < 1.29 is 4.79 Å². The van der Waals surface area contributed by atoms with Gasteiger partial charge >= 0.3 is 0 Å². The number of carbonyl (C=O) groups is 1. The number of aromatic nitrogens is 2. The first kappa shape index (κ1) is 12.7. The minimum atomic E-state index is -0.155. The molecule has 0 spiro atoms. The molecule has 1 saturated carbocycles. The van der Waals surface area contributed by atoms with E-state index < -0.39 is 0 Å². The molecule has 1 heterocycles. The van der Waals surface area contributed by atoms with Gasteiger partial charge in [-0.1, -0.05) is 39.8 Å². The summed E-state index contributed by atoms with van der Waals surface area (Å²) in [5.74, 6) is 0.395. The fourth-order valence-corrected chi connectivity index (χ4v) is 3.21. The van der Waals surface area contributed by atoms with Crippen molar-refractivity contribution in [2.24, 2.45) is 0 Å². The van der Waals surface area contributed by atoms with Gasteiger partial charge in [0.25, 0.3) is 5.91 Å². The van der Waals surface area contributed by atoms with Crippen molar-refractivity contribution in [3.8, 4) is 0 Å². The number of hydrogen-bond acceptors (Lipinski definition) is 4. The Morgan fingerprint density at radius 1 is 1.37 bits per heavy atom. The van der Waals surface area contributed by atoms with Crippen molar-refractivity contribution in [2.75, 3.05) is 5.32 Å². The van der Waals surface area contributed by atoms with Gasteiger partial charge in [-0.05, 0) is 31.0 Å². The number of carbonyl (C=O) groups excluding carboxylic acids is 1. The highest BCUT2D eigenvalue weighted by Crippen LogP contribution is 2.38. The number of nitrogens with one attached hydrogen (secondary N) is 1.